The Kier molecular flexibility index (Phi) is 4.89. The van der Waals surface area contributed by atoms with Gasteiger partial charge in [0.15, 0.2) is 0 Å². The van der Waals surface area contributed by atoms with E-state index >= 15 is 0 Å². The third-order valence-electron chi connectivity index (χ3n) is 3.54. The normalized spacial score (nSPS) is 15.1. The SMILES string of the molecule is O=S(=O)(Nc1c(F)cccc1Br)c1ccc(S(=O)(=O)NC2CC2)cc1. The first-order chi connectivity index (χ1) is 11.7. The Morgan fingerprint density at radius 3 is 2.00 bits per heavy atom. The van der Waals surface area contributed by atoms with Crippen molar-refractivity contribution in [1.29, 1.82) is 0 Å². The molecular weight excluding hydrogens is 435 g/mol. The van der Waals surface area contributed by atoms with Crippen LogP contribution in [0.25, 0.3) is 0 Å². The summed E-state index contributed by atoms with van der Waals surface area (Å²) in [5.41, 5.74) is -0.213. The predicted molar refractivity (Wildman–Crippen MR) is 94.7 cm³/mol. The number of benzene rings is 2. The van der Waals surface area contributed by atoms with E-state index in [4.69, 9.17) is 0 Å². The molecule has 1 aliphatic carbocycles. The van der Waals surface area contributed by atoms with E-state index in [0.29, 0.717) is 0 Å². The molecule has 1 aliphatic rings. The molecule has 0 amide bonds. The summed E-state index contributed by atoms with van der Waals surface area (Å²) in [6.45, 7) is 0. The molecule has 0 spiro atoms. The van der Waals surface area contributed by atoms with Gasteiger partial charge in [-0.15, -0.1) is 0 Å². The number of sulfonamides is 2. The van der Waals surface area contributed by atoms with Crippen LogP contribution in [-0.4, -0.2) is 22.9 Å². The smallest absolute Gasteiger partial charge is 0.262 e. The highest BCUT2D eigenvalue weighted by Crippen LogP contribution is 2.28. The molecule has 10 heteroatoms. The van der Waals surface area contributed by atoms with Crippen LogP contribution in [0, 0.1) is 5.82 Å². The van der Waals surface area contributed by atoms with E-state index < -0.39 is 25.9 Å². The second-order valence-corrected chi connectivity index (χ2v) is 9.82. The van der Waals surface area contributed by atoms with Crippen molar-refractivity contribution in [1.82, 2.24) is 4.72 Å². The summed E-state index contributed by atoms with van der Waals surface area (Å²) in [7, 11) is -7.73. The van der Waals surface area contributed by atoms with Crippen molar-refractivity contribution >= 4 is 41.7 Å². The van der Waals surface area contributed by atoms with Crippen LogP contribution in [0.2, 0.25) is 0 Å². The zero-order valence-electron chi connectivity index (χ0n) is 12.7. The van der Waals surface area contributed by atoms with E-state index in [9.17, 15) is 21.2 Å². The molecule has 2 aromatic rings. The molecule has 0 radical (unpaired) electrons. The molecule has 0 bridgehead atoms. The van der Waals surface area contributed by atoms with Crippen LogP contribution in [0.1, 0.15) is 12.8 Å². The van der Waals surface area contributed by atoms with Crippen molar-refractivity contribution in [2.75, 3.05) is 4.72 Å². The van der Waals surface area contributed by atoms with E-state index in [1.165, 1.54) is 36.4 Å². The Balaban J connectivity index is 1.85. The fraction of sp³-hybridized carbons (Fsp3) is 0.200. The van der Waals surface area contributed by atoms with Gasteiger partial charge in [0.1, 0.15) is 5.82 Å². The Morgan fingerprint density at radius 2 is 1.48 bits per heavy atom. The Labute approximate surface area is 153 Å². The molecule has 134 valence electrons. The lowest BCUT2D eigenvalue weighted by molar-refractivity contribution is 0.580. The Morgan fingerprint density at radius 1 is 0.920 bits per heavy atom. The highest BCUT2D eigenvalue weighted by Gasteiger charge is 2.28. The zero-order valence-corrected chi connectivity index (χ0v) is 16.0. The molecule has 0 aromatic heterocycles. The zero-order chi connectivity index (χ0) is 18.2. The van der Waals surface area contributed by atoms with Gasteiger partial charge in [-0.25, -0.2) is 25.9 Å². The highest BCUT2D eigenvalue weighted by molar-refractivity contribution is 9.10. The number of anilines is 1. The third-order valence-corrected chi connectivity index (χ3v) is 7.11. The van der Waals surface area contributed by atoms with Crippen LogP contribution in [0.5, 0.6) is 0 Å². The average Bonchev–Trinajstić information content (AvgIpc) is 3.34. The average molecular weight is 449 g/mol. The molecule has 0 atom stereocenters. The van der Waals surface area contributed by atoms with Crippen LogP contribution in [-0.2, 0) is 20.0 Å². The van der Waals surface area contributed by atoms with Crippen molar-refractivity contribution in [3.63, 3.8) is 0 Å². The molecule has 25 heavy (non-hydrogen) atoms. The summed E-state index contributed by atoms with van der Waals surface area (Å²) in [6.07, 6.45) is 1.60. The van der Waals surface area contributed by atoms with Crippen LogP contribution in [0.3, 0.4) is 0 Å². The Hall–Kier alpha value is -1.49. The summed E-state index contributed by atoms with van der Waals surface area (Å²) in [4.78, 5) is -0.196. The molecule has 0 heterocycles. The van der Waals surface area contributed by atoms with Crippen LogP contribution in [0.15, 0.2) is 56.7 Å². The second kappa shape index (κ2) is 6.67. The van der Waals surface area contributed by atoms with Gasteiger partial charge in [-0.2, -0.15) is 0 Å². The summed E-state index contributed by atoms with van der Waals surface area (Å²) in [5, 5.41) is 0. The lowest BCUT2D eigenvalue weighted by Crippen LogP contribution is -2.25. The number of halogens is 2. The lowest BCUT2D eigenvalue weighted by Gasteiger charge is -2.11. The van der Waals surface area contributed by atoms with Crippen molar-refractivity contribution in [2.24, 2.45) is 0 Å². The topological polar surface area (TPSA) is 92.3 Å². The van der Waals surface area contributed by atoms with Crippen molar-refractivity contribution < 1.29 is 21.2 Å². The van der Waals surface area contributed by atoms with E-state index in [1.54, 1.807) is 0 Å². The minimum Gasteiger partial charge on any atom is -0.275 e. The van der Waals surface area contributed by atoms with Gasteiger partial charge in [0.05, 0.1) is 15.5 Å². The van der Waals surface area contributed by atoms with E-state index in [1.807, 2.05) is 0 Å². The quantitative estimate of drug-likeness (QED) is 0.710. The molecule has 0 saturated heterocycles. The second-order valence-electron chi connectivity index (χ2n) is 5.57. The Bertz CT molecular complexity index is 984. The maximum Gasteiger partial charge on any atom is 0.262 e. The van der Waals surface area contributed by atoms with E-state index in [-0.39, 0.29) is 26.0 Å². The number of rotatable bonds is 6. The van der Waals surface area contributed by atoms with Gasteiger partial charge in [-0.3, -0.25) is 4.72 Å². The monoisotopic (exact) mass is 448 g/mol. The summed E-state index contributed by atoms with van der Waals surface area (Å²) in [5.74, 6) is -0.731. The fourth-order valence-corrected chi connectivity index (χ4v) is 5.04. The maximum absolute atomic E-state index is 13.8. The van der Waals surface area contributed by atoms with Gasteiger partial charge in [0.2, 0.25) is 10.0 Å². The minimum absolute atomic E-state index is 0.0228. The molecule has 1 fully saturated rings. The third kappa shape index (κ3) is 4.20. The number of hydrogen-bond donors (Lipinski definition) is 2. The van der Waals surface area contributed by atoms with Crippen molar-refractivity contribution in [3.8, 4) is 0 Å². The highest BCUT2D eigenvalue weighted by atomic mass is 79.9. The molecule has 0 aliphatic heterocycles. The number of para-hydroxylation sites is 1. The van der Waals surface area contributed by atoms with E-state index in [2.05, 4.69) is 25.4 Å². The summed E-state index contributed by atoms with van der Waals surface area (Å²) in [6, 6.07) is 8.75. The van der Waals surface area contributed by atoms with Gasteiger partial charge in [0, 0.05) is 10.5 Å². The van der Waals surface area contributed by atoms with Gasteiger partial charge >= 0.3 is 0 Å². The predicted octanol–water partition coefficient (Wildman–Crippen LogP) is 2.83. The molecule has 1 saturated carbocycles. The standard InChI is InChI=1S/C15H14BrFN2O4S2/c16-13-2-1-3-14(17)15(13)19-25(22,23)12-8-6-11(7-9-12)24(20,21)18-10-4-5-10/h1-3,6-10,18-19H,4-5H2. The first-order valence-corrected chi connectivity index (χ1v) is 11.0. The molecule has 2 N–H and O–H groups in total. The summed E-state index contributed by atoms with van der Waals surface area (Å²) < 4.78 is 67.7. The lowest BCUT2D eigenvalue weighted by atomic mass is 10.3. The largest absolute Gasteiger partial charge is 0.275 e. The van der Waals surface area contributed by atoms with Gasteiger partial charge in [-0.1, -0.05) is 6.07 Å². The first-order valence-electron chi connectivity index (χ1n) is 7.28. The number of hydrogen-bond acceptors (Lipinski definition) is 4. The molecule has 2 aromatic carbocycles. The molecule has 3 rings (SSSR count). The minimum atomic E-state index is -4.07. The van der Waals surface area contributed by atoms with Crippen molar-refractivity contribution in [3.05, 3.63) is 52.8 Å². The molecule has 0 unspecified atom stereocenters. The van der Waals surface area contributed by atoms with Crippen LogP contribution < -0.4 is 9.44 Å². The number of nitrogens with one attached hydrogen (secondary N) is 2. The first kappa shape index (κ1) is 18.3. The van der Waals surface area contributed by atoms with Gasteiger partial charge in [0.25, 0.3) is 10.0 Å². The van der Waals surface area contributed by atoms with Gasteiger partial charge < -0.3 is 0 Å². The molecule has 6 nitrogen and oxygen atoms in total. The van der Waals surface area contributed by atoms with Crippen LogP contribution in [0.4, 0.5) is 10.1 Å². The molecular formula is C15H14BrFN2O4S2. The summed E-state index contributed by atoms with van der Waals surface area (Å²) >= 11 is 3.08. The fourth-order valence-electron chi connectivity index (χ4n) is 2.08. The van der Waals surface area contributed by atoms with Gasteiger partial charge in [-0.05, 0) is 65.2 Å². The van der Waals surface area contributed by atoms with E-state index in [0.717, 1.165) is 18.9 Å². The van der Waals surface area contributed by atoms with Crippen molar-refractivity contribution in [2.45, 2.75) is 28.7 Å². The maximum atomic E-state index is 13.8. The van der Waals surface area contributed by atoms with Crippen LogP contribution >= 0.6 is 15.9 Å².